The molecule has 0 amide bonds. The summed E-state index contributed by atoms with van der Waals surface area (Å²) in [4.78, 5) is 5.24. The number of nitrogens with one attached hydrogen (secondary N) is 1. The maximum Gasteiger partial charge on any atom is 0.0734 e. The van der Waals surface area contributed by atoms with E-state index in [1.54, 1.807) is 0 Å². The van der Waals surface area contributed by atoms with Crippen molar-refractivity contribution in [3.63, 3.8) is 0 Å². The average molecular weight is 175 g/mol. The zero-order valence-electron chi connectivity index (χ0n) is 7.30. The fraction of sp³-hybridized carbons (Fsp3) is 1.00. The minimum Gasteiger partial charge on any atom is -0.299 e. The summed E-state index contributed by atoms with van der Waals surface area (Å²) in [5, 5.41) is 0. The lowest BCUT2D eigenvalue weighted by Crippen LogP contribution is -2.25. The highest BCUT2D eigenvalue weighted by Crippen LogP contribution is 2.22. The van der Waals surface area contributed by atoms with Gasteiger partial charge in [-0.15, -0.1) is 0 Å². The monoisotopic (exact) mass is 175 g/mol. The van der Waals surface area contributed by atoms with E-state index in [0.29, 0.717) is 6.10 Å². The molecule has 1 aliphatic rings. The topological polar surface area (TPSA) is 21.3 Å². The fourth-order valence-electron chi connectivity index (χ4n) is 1.08. The number of rotatable bonds is 4. The third-order valence-corrected chi connectivity index (χ3v) is 2.95. The predicted octanol–water partition coefficient (Wildman–Crippen LogP) is 1.67. The van der Waals surface area contributed by atoms with Gasteiger partial charge in [-0.2, -0.15) is 11.8 Å². The lowest BCUT2D eigenvalue weighted by molar-refractivity contribution is -0.0101. The van der Waals surface area contributed by atoms with Crippen LogP contribution in [0.2, 0.25) is 0 Å². The van der Waals surface area contributed by atoms with Gasteiger partial charge in [0.15, 0.2) is 0 Å². The van der Waals surface area contributed by atoms with E-state index >= 15 is 0 Å². The molecule has 1 fully saturated rings. The van der Waals surface area contributed by atoms with Crippen molar-refractivity contribution in [2.45, 2.75) is 26.4 Å². The van der Waals surface area contributed by atoms with Crippen LogP contribution in [0.5, 0.6) is 0 Å². The second kappa shape index (κ2) is 5.01. The molecular weight excluding hydrogens is 158 g/mol. The molecule has 0 aliphatic carbocycles. The summed E-state index contributed by atoms with van der Waals surface area (Å²) in [6, 6.07) is 0. The van der Waals surface area contributed by atoms with Crippen molar-refractivity contribution >= 4 is 11.8 Å². The third kappa shape index (κ3) is 3.99. The summed E-state index contributed by atoms with van der Waals surface area (Å²) in [7, 11) is 0. The first-order valence-corrected chi connectivity index (χ1v) is 5.40. The molecule has 1 N–H and O–H groups in total. The Morgan fingerprint density at radius 2 is 2.45 bits per heavy atom. The van der Waals surface area contributed by atoms with E-state index in [2.05, 4.69) is 5.48 Å². The Bertz CT molecular complexity index is 102. The molecule has 1 rings (SSSR count). The van der Waals surface area contributed by atoms with Crippen molar-refractivity contribution in [1.82, 2.24) is 5.48 Å². The van der Waals surface area contributed by atoms with Crippen LogP contribution in [-0.2, 0) is 4.84 Å². The molecule has 66 valence electrons. The molecule has 0 spiro atoms. The molecule has 1 heterocycles. The van der Waals surface area contributed by atoms with Crippen molar-refractivity contribution in [3.05, 3.63) is 0 Å². The lowest BCUT2D eigenvalue weighted by Gasteiger charge is -2.11. The molecule has 11 heavy (non-hydrogen) atoms. The SMILES string of the molecule is CC(C)ONCC1CCSC1. The molecule has 1 atom stereocenters. The van der Waals surface area contributed by atoms with Crippen LogP contribution >= 0.6 is 11.8 Å². The van der Waals surface area contributed by atoms with Gasteiger partial charge in [0.1, 0.15) is 0 Å². The summed E-state index contributed by atoms with van der Waals surface area (Å²) < 4.78 is 0. The van der Waals surface area contributed by atoms with Gasteiger partial charge < -0.3 is 0 Å². The minimum absolute atomic E-state index is 0.295. The van der Waals surface area contributed by atoms with Crippen molar-refractivity contribution in [3.8, 4) is 0 Å². The van der Waals surface area contributed by atoms with Gasteiger partial charge in [-0.25, -0.2) is 5.48 Å². The number of hydrogen-bond acceptors (Lipinski definition) is 3. The summed E-state index contributed by atoms with van der Waals surface area (Å²) in [6.07, 6.45) is 1.64. The maximum absolute atomic E-state index is 5.24. The van der Waals surface area contributed by atoms with E-state index in [0.717, 1.165) is 12.5 Å². The van der Waals surface area contributed by atoms with E-state index in [1.165, 1.54) is 17.9 Å². The lowest BCUT2D eigenvalue weighted by atomic mass is 10.1. The highest BCUT2D eigenvalue weighted by Gasteiger charge is 2.14. The van der Waals surface area contributed by atoms with Crippen molar-refractivity contribution in [2.75, 3.05) is 18.1 Å². The molecule has 0 bridgehead atoms. The summed E-state index contributed by atoms with van der Waals surface area (Å²) >= 11 is 2.05. The first-order chi connectivity index (χ1) is 5.29. The number of hydrogen-bond donors (Lipinski definition) is 1. The molecule has 0 radical (unpaired) electrons. The molecule has 0 aromatic rings. The quantitative estimate of drug-likeness (QED) is 0.657. The van der Waals surface area contributed by atoms with Crippen molar-refractivity contribution in [1.29, 1.82) is 0 Å². The molecular formula is C8H17NOS. The maximum atomic E-state index is 5.24. The third-order valence-electron chi connectivity index (χ3n) is 1.72. The molecule has 0 aromatic heterocycles. The van der Waals surface area contributed by atoms with Gasteiger partial charge >= 0.3 is 0 Å². The predicted molar refractivity (Wildman–Crippen MR) is 49.7 cm³/mol. The summed E-state index contributed by atoms with van der Waals surface area (Å²) in [6.45, 7) is 5.10. The zero-order chi connectivity index (χ0) is 8.10. The number of hydroxylamine groups is 1. The highest BCUT2D eigenvalue weighted by molar-refractivity contribution is 7.99. The zero-order valence-corrected chi connectivity index (χ0v) is 8.12. The van der Waals surface area contributed by atoms with Crippen molar-refractivity contribution in [2.24, 2.45) is 5.92 Å². The largest absolute Gasteiger partial charge is 0.299 e. The van der Waals surface area contributed by atoms with Gasteiger partial charge in [0.05, 0.1) is 6.10 Å². The molecule has 1 aliphatic heterocycles. The van der Waals surface area contributed by atoms with Crippen LogP contribution in [0, 0.1) is 5.92 Å². The highest BCUT2D eigenvalue weighted by atomic mass is 32.2. The van der Waals surface area contributed by atoms with Gasteiger partial charge in [-0.3, -0.25) is 4.84 Å². The van der Waals surface area contributed by atoms with E-state index in [4.69, 9.17) is 4.84 Å². The molecule has 1 unspecified atom stereocenters. The van der Waals surface area contributed by atoms with Crippen LogP contribution in [0.25, 0.3) is 0 Å². The Labute approximate surface area is 73.0 Å². The van der Waals surface area contributed by atoms with Gasteiger partial charge in [0.2, 0.25) is 0 Å². The van der Waals surface area contributed by atoms with Gasteiger partial charge in [-0.1, -0.05) is 0 Å². The second-order valence-corrected chi connectivity index (χ2v) is 4.39. The Kier molecular flexibility index (Phi) is 4.26. The molecule has 1 saturated heterocycles. The average Bonchev–Trinajstić information content (AvgIpc) is 2.39. The van der Waals surface area contributed by atoms with Gasteiger partial charge in [-0.05, 0) is 37.7 Å². The Morgan fingerprint density at radius 3 is 3.00 bits per heavy atom. The van der Waals surface area contributed by atoms with Crippen LogP contribution in [-0.4, -0.2) is 24.2 Å². The normalized spacial score (nSPS) is 24.8. The van der Waals surface area contributed by atoms with Crippen LogP contribution in [0.3, 0.4) is 0 Å². The Hall–Kier alpha value is 0.270. The van der Waals surface area contributed by atoms with Gasteiger partial charge in [0.25, 0.3) is 0 Å². The standard InChI is InChI=1S/C8H17NOS/c1-7(2)10-9-5-8-3-4-11-6-8/h7-9H,3-6H2,1-2H3. The van der Waals surface area contributed by atoms with Crippen molar-refractivity contribution < 1.29 is 4.84 Å². The smallest absolute Gasteiger partial charge is 0.0734 e. The Balaban J connectivity index is 1.94. The molecule has 0 saturated carbocycles. The first-order valence-electron chi connectivity index (χ1n) is 4.25. The van der Waals surface area contributed by atoms with E-state index in [-0.39, 0.29) is 0 Å². The van der Waals surface area contributed by atoms with E-state index < -0.39 is 0 Å². The van der Waals surface area contributed by atoms with E-state index in [9.17, 15) is 0 Å². The molecule has 3 heteroatoms. The molecule has 0 aromatic carbocycles. The van der Waals surface area contributed by atoms with Crippen LogP contribution in [0.4, 0.5) is 0 Å². The molecule has 2 nitrogen and oxygen atoms in total. The van der Waals surface area contributed by atoms with E-state index in [1.807, 2.05) is 25.6 Å². The summed E-state index contributed by atoms with van der Waals surface area (Å²) in [5.41, 5.74) is 3.01. The van der Waals surface area contributed by atoms with Crippen LogP contribution in [0.15, 0.2) is 0 Å². The second-order valence-electron chi connectivity index (χ2n) is 3.24. The summed E-state index contributed by atoms with van der Waals surface area (Å²) in [5.74, 6) is 3.46. The van der Waals surface area contributed by atoms with Crippen LogP contribution < -0.4 is 5.48 Å². The van der Waals surface area contributed by atoms with Crippen LogP contribution in [0.1, 0.15) is 20.3 Å². The number of thioether (sulfide) groups is 1. The minimum atomic E-state index is 0.295. The fourth-order valence-corrected chi connectivity index (χ4v) is 2.36. The Morgan fingerprint density at radius 1 is 1.64 bits per heavy atom. The van der Waals surface area contributed by atoms with Gasteiger partial charge in [0, 0.05) is 6.54 Å². The first kappa shape index (κ1) is 9.36.